The Balaban J connectivity index is 1.24. The highest BCUT2D eigenvalue weighted by atomic mass is 19.1. The van der Waals surface area contributed by atoms with Crippen molar-refractivity contribution in [3.8, 4) is 23.1 Å². The van der Waals surface area contributed by atoms with Crippen molar-refractivity contribution in [2.75, 3.05) is 25.1 Å². The number of fused-ring (bicyclic) bond motifs is 1. The lowest BCUT2D eigenvalue weighted by Gasteiger charge is -2.39. The molecular weight excluding hydrogens is 556 g/mol. The molecule has 1 aliphatic carbocycles. The van der Waals surface area contributed by atoms with Gasteiger partial charge >= 0.3 is 0 Å². The van der Waals surface area contributed by atoms with Crippen molar-refractivity contribution < 1.29 is 23.0 Å². The quantitative estimate of drug-likeness (QED) is 0.255. The summed E-state index contributed by atoms with van der Waals surface area (Å²) in [5.74, 6) is -0.732. The molecule has 0 amide bonds. The largest absolute Gasteiger partial charge is 0.488 e. The van der Waals surface area contributed by atoms with Gasteiger partial charge in [-0.15, -0.1) is 0 Å². The summed E-state index contributed by atoms with van der Waals surface area (Å²) in [7, 11) is 0. The number of nitrogens with two attached hydrogens (primary N) is 1. The van der Waals surface area contributed by atoms with E-state index in [-0.39, 0.29) is 47.1 Å². The Morgan fingerprint density at radius 2 is 2.02 bits per heavy atom. The number of nitrogens with zero attached hydrogens (tertiary/aromatic N) is 5. The molecule has 2 aliphatic rings. The first-order valence-corrected chi connectivity index (χ1v) is 14.4. The molecule has 1 saturated carbocycles. The summed E-state index contributed by atoms with van der Waals surface area (Å²) >= 11 is 0. The smallest absolute Gasteiger partial charge is 0.229 e. The van der Waals surface area contributed by atoms with Crippen LogP contribution < -0.4 is 15.8 Å². The molecule has 43 heavy (non-hydrogen) atoms. The number of anilines is 2. The number of hydrogen-bond donors (Lipinski definition) is 2. The highest BCUT2D eigenvalue weighted by Gasteiger charge is 2.36. The van der Waals surface area contributed by atoms with Gasteiger partial charge in [0.05, 0.1) is 73.3 Å². The number of hydrogen-bond acceptors (Lipinski definition) is 9. The number of imidazole rings is 1. The van der Waals surface area contributed by atoms with Crippen LogP contribution in [-0.4, -0.2) is 57.7 Å². The summed E-state index contributed by atoms with van der Waals surface area (Å²) in [5, 5.41) is 16.7. The van der Waals surface area contributed by atoms with Crippen molar-refractivity contribution in [3.05, 3.63) is 66.1 Å². The molecule has 5 unspecified atom stereocenters. The van der Waals surface area contributed by atoms with Gasteiger partial charge in [-0.25, -0.2) is 13.8 Å². The number of rotatable bonds is 9. The molecule has 224 valence electrons. The molecule has 0 bridgehead atoms. The Labute approximate surface area is 247 Å². The fraction of sp³-hybridized carbons (Fsp3) is 0.419. The second kappa shape index (κ2) is 12.6. The average Bonchev–Trinajstić information content (AvgIpc) is 3.64. The molecule has 5 atom stereocenters. The predicted molar refractivity (Wildman–Crippen MR) is 155 cm³/mol. The molecule has 6 rings (SSSR count). The van der Waals surface area contributed by atoms with Gasteiger partial charge in [0.1, 0.15) is 23.5 Å². The number of ether oxygens (including phenoxy) is 3. The second-order valence-electron chi connectivity index (χ2n) is 11.1. The standard InChI is InChI=1S/C31H33F2N7O3/c1-18-11-19(12-26(35)30(18)42-9-2-7-34)23-5-8-36-16-28(23)38-31-37-15-20-3-4-27(39-40(20)31)29-24(32)13-22(14-25(29)33)43-21-6-10-41-17-21/h3-5,8,13-16,18-19,21,26,30H,2,6,9-12,17,35H2,1H3,(H,37,38). The molecule has 2 fully saturated rings. The van der Waals surface area contributed by atoms with Gasteiger partial charge in [0.25, 0.3) is 0 Å². The Morgan fingerprint density at radius 1 is 1.19 bits per heavy atom. The first kappa shape index (κ1) is 28.9. The first-order valence-electron chi connectivity index (χ1n) is 14.4. The van der Waals surface area contributed by atoms with E-state index in [4.69, 9.17) is 25.2 Å². The molecule has 0 radical (unpaired) electrons. The third-order valence-corrected chi connectivity index (χ3v) is 8.11. The number of nitrogens with one attached hydrogen (secondary N) is 1. The molecule has 1 aliphatic heterocycles. The molecule has 3 aromatic heterocycles. The number of halogens is 2. The van der Waals surface area contributed by atoms with Crippen molar-refractivity contribution in [2.45, 2.75) is 56.8 Å². The van der Waals surface area contributed by atoms with Crippen LogP contribution in [0, 0.1) is 28.9 Å². The molecule has 1 saturated heterocycles. The maximum atomic E-state index is 15.2. The van der Waals surface area contributed by atoms with Crippen LogP contribution in [0.25, 0.3) is 16.8 Å². The second-order valence-corrected chi connectivity index (χ2v) is 11.1. The lowest BCUT2D eigenvalue weighted by atomic mass is 9.74. The van der Waals surface area contributed by atoms with Gasteiger partial charge in [0.2, 0.25) is 5.95 Å². The highest BCUT2D eigenvalue weighted by Crippen LogP contribution is 2.40. The van der Waals surface area contributed by atoms with E-state index < -0.39 is 11.6 Å². The molecule has 0 spiro atoms. The van der Waals surface area contributed by atoms with Gasteiger partial charge in [-0.1, -0.05) is 6.92 Å². The molecule has 1 aromatic carbocycles. The fourth-order valence-electron chi connectivity index (χ4n) is 6.09. The normalized spacial score (nSPS) is 23.7. The molecule has 4 aromatic rings. The van der Waals surface area contributed by atoms with Crippen molar-refractivity contribution in [1.82, 2.24) is 19.6 Å². The van der Waals surface area contributed by atoms with E-state index in [1.54, 1.807) is 30.7 Å². The summed E-state index contributed by atoms with van der Waals surface area (Å²) < 4.78 is 48.8. The minimum Gasteiger partial charge on any atom is -0.488 e. The van der Waals surface area contributed by atoms with E-state index in [0.29, 0.717) is 50.5 Å². The third kappa shape index (κ3) is 6.15. The Hall–Kier alpha value is -4.18. The zero-order valence-electron chi connectivity index (χ0n) is 23.7. The summed E-state index contributed by atoms with van der Waals surface area (Å²) in [6.45, 7) is 3.44. The first-order chi connectivity index (χ1) is 20.9. The molecule has 3 N–H and O–H groups in total. The molecular formula is C31H33F2N7O3. The summed E-state index contributed by atoms with van der Waals surface area (Å²) in [4.78, 5) is 8.79. The van der Waals surface area contributed by atoms with Crippen LogP contribution in [0.2, 0.25) is 0 Å². The Kier molecular flexibility index (Phi) is 8.47. The Morgan fingerprint density at radius 3 is 2.77 bits per heavy atom. The van der Waals surface area contributed by atoms with Gasteiger partial charge in [-0.2, -0.15) is 14.9 Å². The maximum absolute atomic E-state index is 15.2. The highest BCUT2D eigenvalue weighted by molar-refractivity contribution is 5.66. The van der Waals surface area contributed by atoms with Crippen LogP contribution >= 0.6 is 0 Å². The minimum atomic E-state index is -0.775. The number of nitriles is 1. The van der Waals surface area contributed by atoms with Crippen molar-refractivity contribution in [1.29, 1.82) is 5.26 Å². The maximum Gasteiger partial charge on any atom is 0.229 e. The van der Waals surface area contributed by atoms with Gasteiger partial charge < -0.3 is 25.3 Å². The topological polar surface area (TPSA) is 133 Å². The van der Waals surface area contributed by atoms with E-state index in [2.05, 4.69) is 33.4 Å². The van der Waals surface area contributed by atoms with Gasteiger partial charge in [0, 0.05) is 30.8 Å². The van der Waals surface area contributed by atoms with E-state index in [9.17, 15) is 0 Å². The van der Waals surface area contributed by atoms with Crippen LogP contribution in [0.1, 0.15) is 44.1 Å². The summed E-state index contributed by atoms with van der Waals surface area (Å²) in [5.41, 5.74) is 8.81. The van der Waals surface area contributed by atoms with Crippen LogP contribution in [-0.2, 0) is 9.47 Å². The molecule has 10 nitrogen and oxygen atoms in total. The lowest BCUT2D eigenvalue weighted by Crippen LogP contribution is -2.46. The Bertz CT molecular complexity index is 1600. The van der Waals surface area contributed by atoms with Crippen molar-refractivity contribution in [3.63, 3.8) is 0 Å². The lowest BCUT2D eigenvalue weighted by molar-refractivity contribution is -0.0198. The van der Waals surface area contributed by atoms with Crippen LogP contribution in [0.3, 0.4) is 0 Å². The van der Waals surface area contributed by atoms with E-state index in [1.807, 2.05) is 6.07 Å². The van der Waals surface area contributed by atoms with E-state index >= 15 is 8.78 Å². The van der Waals surface area contributed by atoms with Crippen molar-refractivity contribution in [2.24, 2.45) is 11.7 Å². The zero-order valence-corrected chi connectivity index (χ0v) is 23.7. The predicted octanol–water partition coefficient (Wildman–Crippen LogP) is 5.12. The molecule has 4 heterocycles. The van der Waals surface area contributed by atoms with E-state index in [0.717, 1.165) is 17.7 Å². The van der Waals surface area contributed by atoms with Crippen LogP contribution in [0.4, 0.5) is 20.4 Å². The van der Waals surface area contributed by atoms with Gasteiger partial charge in [-0.05, 0) is 48.4 Å². The number of aromatic nitrogens is 4. The van der Waals surface area contributed by atoms with Gasteiger partial charge in [-0.3, -0.25) is 4.98 Å². The van der Waals surface area contributed by atoms with Crippen molar-refractivity contribution >= 4 is 17.2 Å². The SMILES string of the molecule is CC1CC(c2ccncc2Nc2ncc3ccc(-c4c(F)cc(OC5CCOC5)cc4F)nn23)CC(N)C1OCCC#N. The van der Waals surface area contributed by atoms with Crippen LogP contribution in [0.5, 0.6) is 5.75 Å². The summed E-state index contributed by atoms with van der Waals surface area (Å²) in [6, 6.07) is 9.50. The average molecular weight is 590 g/mol. The van der Waals surface area contributed by atoms with Crippen LogP contribution in [0.15, 0.2) is 48.9 Å². The van der Waals surface area contributed by atoms with E-state index in [1.165, 1.54) is 16.6 Å². The zero-order chi connectivity index (χ0) is 29.9. The third-order valence-electron chi connectivity index (χ3n) is 8.11. The molecule has 12 heteroatoms. The summed E-state index contributed by atoms with van der Waals surface area (Å²) in [6.07, 6.45) is 7.31. The number of benzene rings is 1. The monoisotopic (exact) mass is 589 g/mol. The minimum absolute atomic E-state index is 0.111. The number of pyridine rings is 1. The fourth-order valence-corrected chi connectivity index (χ4v) is 6.09. The van der Waals surface area contributed by atoms with Gasteiger partial charge in [0.15, 0.2) is 0 Å².